The third-order valence-electron chi connectivity index (χ3n) is 3.85. The normalized spacial score (nSPS) is 11.0. The van der Waals surface area contributed by atoms with Gasteiger partial charge in [-0.2, -0.15) is 0 Å². The van der Waals surface area contributed by atoms with Crippen molar-refractivity contribution in [3.05, 3.63) is 68.1 Å². The van der Waals surface area contributed by atoms with Gasteiger partial charge >= 0.3 is 0 Å². The molecule has 12 heteroatoms. The number of pyridine rings is 2. The van der Waals surface area contributed by atoms with E-state index in [1.165, 1.54) is 24.7 Å². The van der Waals surface area contributed by atoms with E-state index in [1.807, 2.05) is 0 Å². The van der Waals surface area contributed by atoms with Crippen molar-refractivity contribution in [2.45, 2.75) is 0 Å². The van der Waals surface area contributed by atoms with Gasteiger partial charge in [-0.25, -0.2) is 34.3 Å². The van der Waals surface area contributed by atoms with Crippen LogP contribution in [0.2, 0.25) is 25.5 Å². The highest BCUT2D eigenvalue weighted by Gasteiger charge is 2.22. The Kier molecular flexibility index (Phi) is 5.99. The van der Waals surface area contributed by atoms with Crippen molar-refractivity contribution in [3.63, 3.8) is 0 Å². The van der Waals surface area contributed by atoms with Crippen molar-refractivity contribution in [1.29, 1.82) is 0 Å². The zero-order valence-electron chi connectivity index (χ0n) is 14.4. The molecule has 0 aliphatic heterocycles. The fourth-order valence-electron chi connectivity index (χ4n) is 2.52. The summed E-state index contributed by atoms with van der Waals surface area (Å²) in [6.07, 6.45) is 4.06. The predicted octanol–water partition coefficient (Wildman–Crippen LogP) is 6.46. The number of rotatable bonds is 3. The van der Waals surface area contributed by atoms with E-state index in [2.05, 4.69) is 29.9 Å². The molecular weight excluding hydrogens is 497 g/mol. The molecule has 0 atom stereocenters. The molecule has 0 saturated heterocycles. The Labute approximate surface area is 194 Å². The smallest absolute Gasteiger partial charge is 0.182 e. The molecule has 0 radical (unpaired) electrons. The van der Waals surface area contributed by atoms with Gasteiger partial charge in [0.05, 0.1) is 28.1 Å². The molecule has 0 spiro atoms. The summed E-state index contributed by atoms with van der Waals surface area (Å²) in [6.45, 7) is 0. The minimum Gasteiger partial charge on any atom is -0.244 e. The number of hydrogen-bond donors (Lipinski definition) is 0. The van der Waals surface area contributed by atoms with Crippen LogP contribution in [0.25, 0.3) is 34.2 Å². The lowest BCUT2D eigenvalue weighted by atomic mass is 10.1. The van der Waals surface area contributed by atoms with E-state index in [4.69, 9.17) is 58.0 Å². The van der Waals surface area contributed by atoms with Crippen LogP contribution < -0.4 is 0 Å². The maximum Gasteiger partial charge on any atom is 0.182 e. The highest BCUT2D eigenvalue weighted by atomic mass is 35.5. The van der Waals surface area contributed by atoms with Crippen molar-refractivity contribution < 1.29 is 4.39 Å². The quantitative estimate of drug-likeness (QED) is 0.236. The summed E-state index contributed by atoms with van der Waals surface area (Å²) in [6, 6.07) is 4.49. The van der Waals surface area contributed by atoms with Crippen molar-refractivity contribution in [2.75, 3.05) is 0 Å². The lowest BCUT2D eigenvalue weighted by Gasteiger charge is -2.12. The standard InChI is InChI=1S/C18H6Cl5FN6/c19-9-5-26-17(29-15(9)22)8-4-11(24)13(18-27-6-10(20)16(23)30-18)28-12(8)7-2-1-3-25-14(7)21/h1-6H. The molecule has 0 saturated carbocycles. The van der Waals surface area contributed by atoms with Crippen LogP contribution >= 0.6 is 58.0 Å². The summed E-state index contributed by atoms with van der Waals surface area (Å²) < 4.78 is 15.0. The van der Waals surface area contributed by atoms with E-state index < -0.39 is 5.82 Å². The largest absolute Gasteiger partial charge is 0.244 e. The van der Waals surface area contributed by atoms with Gasteiger partial charge in [0.1, 0.15) is 10.8 Å². The molecule has 0 bridgehead atoms. The molecule has 30 heavy (non-hydrogen) atoms. The Morgan fingerprint density at radius 1 is 0.667 bits per heavy atom. The molecule has 150 valence electrons. The van der Waals surface area contributed by atoms with Gasteiger partial charge in [0.2, 0.25) is 0 Å². The van der Waals surface area contributed by atoms with E-state index in [1.54, 1.807) is 12.1 Å². The zero-order valence-corrected chi connectivity index (χ0v) is 18.2. The lowest BCUT2D eigenvalue weighted by Crippen LogP contribution is -2.02. The van der Waals surface area contributed by atoms with Crippen LogP contribution in [-0.4, -0.2) is 29.9 Å². The highest BCUT2D eigenvalue weighted by Crippen LogP contribution is 2.36. The molecule has 4 heterocycles. The first-order valence-electron chi connectivity index (χ1n) is 8.03. The second kappa shape index (κ2) is 8.53. The fourth-order valence-corrected chi connectivity index (χ4v) is 3.17. The second-order valence-corrected chi connectivity index (χ2v) is 7.61. The van der Waals surface area contributed by atoms with E-state index in [0.29, 0.717) is 5.56 Å². The summed E-state index contributed by atoms with van der Waals surface area (Å²) in [5.41, 5.74) is 0.680. The molecule has 0 aromatic carbocycles. The molecule has 0 unspecified atom stereocenters. The molecule has 4 rings (SSSR count). The van der Waals surface area contributed by atoms with E-state index in [0.717, 1.165) is 0 Å². The molecular formula is C18H6Cl5FN6. The second-order valence-electron chi connectivity index (χ2n) is 5.72. The summed E-state index contributed by atoms with van der Waals surface area (Å²) in [5.74, 6) is -0.723. The van der Waals surface area contributed by atoms with E-state index in [9.17, 15) is 0 Å². The zero-order chi connectivity index (χ0) is 21.4. The maximum absolute atomic E-state index is 15.0. The van der Waals surface area contributed by atoms with Crippen LogP contribution in [0.15, 0.2) is 36.8 Å². The Hall–Kier alpha value is -2.16. The monoisotopic (exact) mass is 500 g/mol. The van der Waals surface area contributed by atoms with Gasteiger partial charge in [0.25, 0.3) is 0 Å². The minimum absolute atomic E-state index is 0.00204. The minimum atomic E-state index is -0.748. The van der Waals surface area contributed by atoms with Crippen LogP contribution in [0.3, 0.4) is 0 Å². The van der Waals surface area contributed by atoms with Gasteiger partial charge in [-0.3, -0.25) is 0 Å². The third-order valence-corrected chi connectivity index (χ3v) is 5.47. The molecule has 6 nitrogen and oxygen atoms in total. The maximum atomic E-state index is 15.0. The summed E-state index contributed by atoms with van der Waals surface area (Å²) in [4.78, 5) is 24.7. The summed E-state index contributed by atoms with van der Waals surface area (Å²) in [7, 11) is 0. The van der Waals surface area contributed by atoms with Gasteiger partial charge in [-0.05, 0) is 18.2 Å². The lowest BCUT2D eigenvalue weighted by molar-refractivity contribution is 0.624. The SMILES string of the molecule is Fc1cc(-c2ncc(Cl)c(Cl)n2)c(-c2cccnc2Cl)nc1-c1ncc(Cl)c(Cl)n1. The molecule has 0 N–H and O–H groups in total. The molecule has 0 fully saturated rings. The van der Waals surface area contributed by atoms with Crippen LogP contribution in [0.1, 0.15) is 0 Å². The Morgan fingerprint density at radius 3 is 1.93 bits per heavy atom. The topological polar surface area (TPSA) is 77.3 Å². The average molecular weight is 503 g/mol. The van der Waals surface area contributed by atoms with Crippen molar-refractivity contribution in [1.82, 2.24) is 29.9 Å². The number of aromatic nitrogens is 6. The van der Waals surface area contributed by atoms with Gasteiger partial charge in [-0.1, -0.05) is 58.0 Å². The number of halogens is 6. The van der Waals surface area contributed by atoms with Crippen LogP contribution in [0.5, 0.6) is 0 Å². The van der Waals surface area contributed by atoms with Gasteiger partial charge in [-0.15, -0.1) is 0 Å². The van der Waals surface area contributed by atoms with Crippen molar-refractivity contribution in [3.8, 4) is 34.2 Å². The molecule has 0 aliphatic rings. The first-order chi connectivity index (χ1) is 14.3. The Bertz CT molecular complexity index is 1290. The average Bonchev–Trinajstić information content (AvgIpc) is 2.72. The van der Waals surface area contributed by atoms with E-state index >= 15 is 4.39 Å². The predicted molar refractivity (Wildman–Crippen MR) is 115 cm³/mol. The molecule has 0 aliphatic carbocycles. The highest BCUT2D eigenvalue weighted by molar-refractivity contribution is 6.41. The summed E-state index contributed by atoms with van der Waals surface area (Å²) in [5, 5.41) is 0.370. The first-order valence-corrected chi connectivity index (χ1v) is 9.92. The third kappa shape index (κ3) is 4.04. The molecule has 4 aromatic rings. The molecule has 4 aromatic heterocycles. The number of hydrogen-bond acceptors (Lipinski definition) is 6. The first kappa shape index (κ1) is 21.1. The van der Waals surface area contributed by atoms with Crippen molar-refractivity contribution in [2.24, 2.45) is 0 Å². The van der Waals surface area contributed by atoms with E-state index in [-0.39, 0.29) is 54.1 Å². The van der Waals surface area contributed by atoms with Crippen LogP contribution in [-0.2, 0) is 0 Å². The molecule has 0 amide bonds. The van der Waals surface area contributed by atoms with Gasteiger partial charge in [0.15, 0.2) is 27.8 Å². The van der Waals surface area contributed by atoms with Crippen LogP contribution in [0, 0.1) is 5.82 Å². The number of nitrogens with zero attached hydrogens (tertiary/aromatic N) is 6. The Morgan fingerprint density at radius 2 is 1.30 bits per heavy atom. The fraction of sp³-hybridized carbons (Fsp3) is 0. The van der Waals surface area contributed by atoms with Gasteiger partial charge < -0.3 is 0 Å². The van der Waals surface area contributed by atoms with Crippen molar-refractivity contribution >= 4 is 58.0 Å². The Balaban J connectivity index is 2.01. The van der Waals surface area contributed by atoms with Crippen LogP contribution in [0.4, 0.5) is 4.39 Å². The summed E-state index contributed by atoms with van der Waals surface area (Å²) >= 11 is 30.0. The van der Waals surface area contributed by atoms with Gasteiger partial charge in [0, 0.05) is 17.3 Å².